The number of benzene rings is 2. The zero-order valence-corrected chi connectivity index (χ0v) is 12.5. The second kappa shape index (κ2) is 6.62. The molecule has 0 saturated carbocycles. The molecule has 0 aromatic heterocycles. The fraction of sp³-hybridized carbons (Fsp3) is 0.222. The van der Waals surface area contributed by atoms with Gasteiger partial charge in [-0.1, -0.05) is 30.3 Å². The van der Waals surface area contributed by atoms with Crippen LogP contribution >= 0.6 is 0 Å². The average molecular weight is 311 g/mol. The molecular weight excluding hydrogens is 294 g/mol. The lowest BCUT2D eigenvalue weighted by molar-refractivity contribution is -0.118. The van der Waals surface area contributed by atoms with Crippen molar-refractivity contribution in [3.8, 4) is 0 Å². The van der Waals surface area contributed by atoms with Crippen molar-refractivity contribution in [1.29, 1.82) is 0 Å². The van der Waals surface area contributed by atoms with Gasteiger partial charge in [0, 0.05) is 17.9 Å². The quantitative estimate of drug-likeness (QED) is 0.832. The van der Waals surface area contributed by atoms with Gasteiger partial charge in [0.25, 0.3) is 0 Å². The Morgan fingerprint density at radius 1 is 1.13 bits per heavy atom. The van der Waals surface area contributed by atoms with Gasteiger partial charge in [-0.3, -0.25) is 4.79 Å². The third-order valence-electron chi connectivity index (χ3n) is 3.79. The number of rotatable bonds is 5. The van der Waals surface area contributed by atoms with E-state index in [4.69, 9.17) is 9.84 Å². The minimum atomic E-state index is -0.535. The van der Waals surface area contributed by atoms with Gasteiger partial charge in [-0.25, -0.2) is 4.79 Å². The van der Waals surface area contributed by atoms with E-state index in [0.717, 1.165) is 11.1 Å². The molecule has 5 nitrogen and oxygen atoms in total. The Morgan fingerprint density at radius 2 is 1.87 bits per heavy atom. The molecule has 118 valence electrons. The van der Waals surface area contributed by atoms with Crippen molar-refractivity contribution in [3.63, 3.8) is 0 Å². The monoisotopic (exact) mass is 311 g/mol. The van der Waals surface area contributed by atoms with Crippen LogP contribution in [0, 0.1) is 0 Å². The summed E-state index contributed by atoms with van der Waals surface area (Å²) in [5.74, 6) is -0.596. The first kappa shape index (κ1) is 15.2. The Hall–Kier alpha value is -2.66. The number of cyclic esters (lactones) is 1. The lowest BCUT2D eigenvalue weighted by Gasteiger charge is -2.11. The summed E-state index contributed by atoms with van der Waals surface area (Å²) in [6.45, 7) is 0.0954. The maximum absolute atomic E-state index is 12.2. The summed E-state index contributed by atoms with van der Waals surface area (Å²) in [6, 6.07) is 14.4. The molecule has 0 unspecified atom stereocenters. The lowest BCUT2D eigenvalue weighted by atomic mass is 10.0. The van der Waals surface area contributed by atoms with Crippen LogP contribution in [0.4, 0.5) is 5.69 Å². The van der Waals surface area contributed by atoms with Crippen molar-refractivity contribution in [1.82, 2.24) is 0 Å². The van der Waals surface area contributed by atoms with Gasteiger partial charge < -0.3 is 15.2 Å². The van der Waals surface area contributed by atoms with Gasteiger partial charge in [0.2, 0.25) is 5.91 Å². The van der Waals surface area contributed by atoms with Gasteiger partial charge >= 0.3 is 5.97 Å². The molecule has 0 fully saturated rings. The van der Waals surface area contributed by atoms with Crippen molar-refractivity contribution in [3.05, 3.63) is 65.2 Å². The van der Waals surface area contributed by atoms with Gasteiger partial charge in [-0.05, 0) is 30.2 Å². The van der Waals surface area contributed by atoms with Crippen LogP contribution < -0.4 is 5.32 Å². The summed E-state index contributed by atoms with van der Waals surface area (Å²) in [4.78, 5) is 23.9. The molecule has 2 aromatic rings. The van der Waals surface area contributed by atoms with Crippen molar-refractivity contribution in [2.45, 2.75) is 18.9 Å². The highest BCUT2D eigenvalue weighted by molar-refractivity contribution is 5.96. The normalized spacial score (nSPS) is 15.9. The Bertz CT molecular complexity index is 724. The number of ether oxygens (including phenoxy) is 1. The molecule has 5 heteroatoms. The highest BCUT2D eigenvalue weighted by atomic mass is 16.5. The first-order valence-corrected chi connectivity index (χ1v) is 7.47. The molecule has 2 N–H and O–H groups in total. The Morgan fingerprint density at radius 3 is 2.61 bits per heavy atom. The topological polar surface area (TPSA) is 75.6 Å². The Kier molecular flexibility index (Phi) is 4.39. The number of aliphatic hydroxyl groups excluding tert-OH is 1. The molecule has 0 aliphatic carbocycles. The number of carbonyl (C=O) groups excluding carboxylic acids is 2. The molecule has 1 aliphatic rings. The Labute approximate surface area is 133 Å². The molecular formula is C18H17NO4. The van der Waals surface area contributed by atoms with E-state index >= 15 is 0 Å². The van der Waals surface area contributed by atoms with Gasteiger partial charge in [-0.2, -0.15) is 0 Å². The summed E-state index contributed by atoms with van der Waals surface area (Å²) in [5.41, 5.74) is 2.96. The molecule has 0 radical (unpaired) electrons. The predicted molar refractivity (Wildman–Crippen MR) is 85.1 cm³/mol. The van der Waals surface area contributed by atoms with E-state index in [1.807, 2.05) is 24.3 Å². The minimum Gasteiger partial charge on any atom is -0.453 e. The molecule has 23 heavy (non-hydrogen) atoms. The van der Waals surface area contributed by atoms with Gasteiger partial charge in [0.1, 0.15) is 6.10 Å². The van der Waals surface area contributed by atoms with E-state index in [2.05, 4.69) is 5.32 Å². The number of aliphatic hydroxyl groups is 1. The average Bonchev–Trinajstić information content (AvgIpc) is 2.86. The summed E-state index contributed by atoms with van der Waals surface area (Å²) in [7, 11) is 0. The molecule has 3 rings (SSSR count). The molecule has 0 saturated heterocycles. The number of nitrogens with one attached hydrogen (secondary N) is 1. The molecule has 0 spiro atoms. The van der Waals surface area contributed by atoms with E-state index in [1.54, 1.807) is 24.3 Å². The fourth-order valence-electron chi connectivity index (χ4n) is 2.64. The number of fused-ring (bicyclic) bond motifs is 1. The summed E-state index contributed by atoms with van der Waals surface area (Å²) >= 11 is 0. The van der Waals surface area contributed by atoms with Crippen LogP contribution in [0.1, 0.15) is 34.0 Å². The molecule has 2 aromatic carbocycles. The van der Waals surface area contributed by atoms with Crippen LogP contribution in [0.3, 0.4) is 0 Å². The number of hydrogen-bond acceptors (Lipinski definition) is 4. The molecule has 1 atom stereocenters. The van der Waals surface area contributed by atoms with Crippen molar-refractivity contribution in [2.24, 2.45) is 0 Å². The number of esters is 1. The molecule has 1 heterocycles. The van der Waals surface area contributed by atoms with Crippen molar-refractivity contribution in [2.75, 3.05) is 11.9 Å². The van der Waals surface area contributed by atoms with E-state index in [1.165, 1.54) is 0 Å². The summed E-state index contributed by atoms with van der Waals surface area (Å²) in [5, 5.41) is 11.7. The third-order valence-corrected chi connectivity index (χ3v) is 3.79. The number of amides is 1. The minimum absolute atomic E-state index is 0.0845. The largest absolute Gasteiger partial charge is 0.453 e. The zero-order chi connectivity index (χ0) is 16.2. The van der Waals surface area contributed by atoms with Crippen molar-refractivity contribution >= 4 is 17.6 Å². The summed E-state index contributed by atoms with van der Waals surface area (Å²) in [6.07, 6.45) is 0.136. The molecule has 1 aliphatic heterocycles. The smallest absolute Gasteiger partial charge is 0.339 e. The number of hydrogen-bond donors (Lipinski definition) is 2. The third kappa shape index (κ3) is 3.40. The maximum atomic E-state index is 12.2. The highest BCUT2D eigenvalue weighted by Crippen LogP contribution is 2.32. The SMILES string of the molecule is O=C(C[C@@H]1OC(=O)c2ccccc21)Nc1ccc(CCO)cc1. The maximum Gasteiger partial charge on any atom is 0.339 e. The van der Waals surface area contributed by atoms with Gasteiger partial charge in [0.15, 0.2) is 0 Å². The van der Waals surface area contributed by atoms with E-state index in [-0.39, 0.29) is 24.9 Å². The second-order valence-electron chi connectivity index (χ2n) is 5.40. The highest BCUT2D eigenvalue weighted by Gasteiger charge is 2.31. The number of carbonyl (C=O) groups is 2. The van der Waals surface area contributed by atoms with E-state index in [9.17, 15) is 9.59 Å². The van der Waals surface area contributed by atoms with Crippen LogP contribution in [0.5, 0.6) is 0 Å². The fourth-order valence-corrected chi connectivity index (χ4v) is 2.64. The Balaban J connectivity index is 1.63. The predicted octanol–water partition coefficient (Wildman–Crippen LogP) is 2.46. The van der Waals surface area contributed by atoms with E-state index in [0.29, 0.717) is 17.7 Å². The van der Waals surface area contributed by atoms with Crippen molar-refractivity contribution < 1.29 is 19.4 Å². The zero-order valence-electron chi connectivity index (χ0n) is 12.5. The van der Waals surface area contributed by atoms with Gasteiger partial charge in [0.05, 0.1) is 12.0 Å². The van der Waals surface area contributed by atoms with Crippen LogP contribution in [0.15, 0.2) is 48.5 Å². The van der Waals surface area contributed by atoms with Crippen LogP contribution in [0.25, 0.3) is 0 Å². The lowest BCUT2D eigenvalue weighted by Crippen LogP contribution is -2.15. The first-order valence-electron chi connectivity index (χ1n) is 7.47. The standard InChI is InChI=1S/C18H17NO4/c20-10-9-12-5-7-13(8-6-12)19-17(21)11-16-14-3-1-2-4-15(14)18(22)23-16/h1-8,16,20H,9-11H2,(H,19,21)/t16-/m0/s1. The molecule has 0 bridgehead atoms. The summed E-state index contributed by atoms with van der Waals surface area (Å²) < 4.78 is 5.26. The van der Waals surface area contributed by atoms with Crippen LogP contribution in [-0.2, 0) is 16.0 Å². The van der Waals surface area contributed by atoms with Crippen LogP contribution in [-0.4, -0.2) is 23.6 Å². The van der Waals surface area contributed by atoms with Gasteiger partial charge in [-0.15, -0.1) is 0 Å². The molecule has 1 amide bonds. The number of anilines is 1. The van der Waals surface area contributed by atoms with E-state index < -0.39 is 6.10 Å². The first-order chi connectivity index (χ1) is 11.2. The second-order valence-corrected chi connectivity index (χ2v) is 5.40. The van der Waals surface area contributed by atoms with Crippen LogP contribution in [0.2, 0.25) is 0 Å².